The molecular formula is C20H27N5O2. The van der Waals surface area contributed by atoms with Gasteiger partial charge in [0.25, 0.3) is 5.91 Å². The largest absolute Gasteiger partial charge is 0.485 e. The Kier molecular flexibility index (Phi) is 4.76. The molecule has 1 atom stereocenters. The fourth-order valence-electron chi connectivity index (χ4n) is 4.07. The lowest BCUT2D eigenvalue weighted by atomic mass is 10.2. The number of hydrogen-bond donors (Lipinski definition) is 0. The second kappa shape index (κ2) is 7.21. The van der Waals surface area contributed by atoms with Crippen molar-refractivity contribution in [3.63, 3.8) is 0 Å². The van der Waals surface area contributed by atoms with E-state index in [4.69, 9.17) is 4.74 Å². The number of carbonyl (C=O) groups is 1. The third-order valence-corrected chi connectivity index (χ3v) is 5.61. The van der Waals surface area contributed by atoms with Crippen LogP contribution in [0.2, 0.25) is 0 Å². The Balaban J connectivity index is 1.45. The van der Waals surface area contributed by atoms with Crippen LogP contribution in [0.1, 0.15) is 41.0 Å². The molecule has 144 valence electrons. The van der Waals surface area contributed by atoms with Gasteiger partial charge in [0.2, 0.25) is 0 Å². The zero-order chi connectivity index (χ0) is 19.0. The van der Waals surface area contributed by atoms with E-state index in [-0.39, 0.29) is 12.0 Å². The number of pyridine rings is 1. The van der Waals surface area contributed by atoms with Crippen molar-refractivity contribution in [3.05, 3.63) is 35.3 Å². The first kappa shape index (κ1) is 17.8. The fourth-order valence-corrected chi connectivity index (χ4v) is 4.07. The van der Waals surface area contributed by atoms with Crippen molar-refractivity contribution in [3.8, 4) is 5.75 Å². The Morgan fingerprint density at radius 2 is 2.00 bits per heavy atom. The van der Waals surface area contributed by atoms with Gasteiger partial charge in [0.15, 0.2) is 11.6 Å². The molecule has 2 saturated heterocycles. The molecule has 2 aromatic heterocycles. The number of ether oxygens (including phenoxy) is 1. The van der Waals surface area contributed by atoms with Gasteiger partial charge in [0.1, 0.15) is 6.10 Å². The molecule has 4 heterocycles. The minimum Gasteiger partial charge on any atom is -0.485 e. The molecule has 0 N–H and O–H groups in total. The molecule has 7 heteroatoms. The predicted molar refractivity (Wildman–Crippen MR) is 103 cm³/mol. The number of anilines is 1. The van der Waals surface area contributed by atoms with Crippen molar-refractivity contribution >= 4 is 11.7 Å². The Morgan fingerprint density at radius 3 is 2.70 bits per heavy atom. The van der Waals surface area contributed by atoms with E-state index in [1.165, 1.54) is 12.8 Å². The number of aryl methyl sites for hydroxylation is 2. The Morgan fingerprint density at radius 1 is 1.22 bits per heavy atom. The molecule has 0 saturated carbocycles. The maximum absolute atomic E-state index is 13.0. The highest BCUT2D eigenvalue weighted by Gasteiger charge is 2.32. The van der Waals surface area contributed by atoms with Crippen LogP contribution in [0.15, 0.2) is 18.3 Å². The van der Waals surface area contributed by atoms with Gasteiger partial charge < -0.3 is 14.5 Å². The minimum atomic E-state index is -0.00298. The van der Waals surface area contributed by atoms with E-state index in [1.54, 1.807) is 4.68 Å². The van der Waals surface area contributed by atoms with E-state index in [1.807, 2.05) is 44.1 Å². The highest BCUT2D eigenvalue weighted by molar-refractivity contribution is 5.96. The van der Waals surface area contributed by atoms with Crippen LogP contribution < -0.4 is 9.64 Å². The maximum atomic E-state index is 13.0. The Hall–Kier alpha value is -2.57. The summed E-state index contributed by atoms with van der Waals surface area (Å²) in [5.74, 6) is 1.81. The zero-order valence-corrected chi connectivity index (χ0v) is 16.3. The second-order valence-corrected chi connectivity index (χ2v) is 7.47. The van der Waals surface area contributed by atoms with Gasteiger partial charge in [0, 0.05) is 45.0 Å². The first-order valence-electron chi connectivity index (χ1n) is 9.70. The molecule has 0 bridgehead atoms. The summed E-state index contributed by atoms with van der Waals surface area (Å²) in [4.78, 5) is 21.7. The van der Waals surface area contributed by atoms with E-state index >= 15 is 0 Å². The SMILES string of the molecule is Cc1nn(C)c(C)c1C(=O)N1CC[C@H](Oc2cccnc2N2CCCC2)C1. The Labute approximate surface area is 159 Å². The topological polar surface area (TPSA) is 63.5 Å². The lowest BCUT2D eigenvalue weighted by Gasteiger charge is -2.22. The molecule has 0 aromatic carbocycles. The van der Waals surface area contributed by atoms with E-state index in [0.29, 0.717) is 13.1 Å². The van der Waals surface area contributed by atoms with Crippen LogP contribution in [0, 0.1) is 13.8 Å². The quantitative estimate of drug-likeness (QED) is 0.828. The van der Waals surface area contributed by atoms with Crippen LogP contribution in [-0.2, 0) is 7.05 Å². The summed E-state index contributed by atoms with van der Waals surface area (Å²) in [5.41, 5.74) is 2.41. The molecule has 0 unspecified atom stereocenters. The summed E-state index contributed by atoms with van der Waals surface area (Å²) in [6.45, 7) is 7.19. The average molecular weight is 369 g/mol. The van der Waals surface area contributed by atoms with Gasteiger partial charge in [0.05, 0.1) is 17.8 Å². The van der Waals surface area contributed by atoms with Crippen molar-refractivity contribution in [2.45, 2.75) is 39.2 Å². The van der Waals surface area contributed by atoms with Crippen molar-refractivity contribution in [1.82, 2.24) is 19.7 Å². The number of hydrogen-bond acceptors (Lipinski definition) is 5. The van der Waals surface area contributed by atoms with Gasteiger partial charge in [-0.1, -0.05) is 0 Å². The van der Waals surface area contributed by atoms with E-state index in [9.17, 15) is 4.79 Å². The number of nitrogens with zero attached hydrogens (tertiary/aromatic N) is 5. The van der Waals surface area contributed by atoms with Crippen LogP contribution in [0.4, 0.5) is 5.82 Å². The molecule has 27 heavy (non-hydrogen) atoms. The summed E-state index contributed by atoms with van der Waals surface area (Å²) in [7, 11) is 1.87. The molecule has 2 aliphatic rings. The van der Waals surface area contributed by atoms with Crippen LogP contribution in [0.3, 0.4) is 0 Å². The van der Waals surface area contributed by atoms with E-state index < -0.39 is 0 Å². The van der Waals surface area contributed by atoms with E-state index in [2.05, 4.69) is 15.0 Å². The molecule has 2 fully saturated rings. The maximum Gasteiger partial charge on any atom is 0.257 e. The number of amides is 1. The molecule has 4 rings (SSSR count). The van der Waals surface area contributed by atoms with Gasteiger partial charge >= 0.3 is 0 Å². The summed E-state index contributed by atoms with van der Waals surface area (Å²) in [6, 6.07) is 3.90. The molecule has 2 aromatic rings. The molecule has 1 amide bonds. The molecule has 2 aliphatic heterocycles. The molecule has 0 radical (unpaired) electrons. The van der Waals surface area contributed by atoms with Crippen LogP contribution in [-0.4, -0.2) is 57.9 Å². The van der Waals surface area contributed by atoms with Crippen molar-refractivity contribution in [2.75, 3.05) is 31.1 Å². The normalized spacial score (nSPS) is 19.7. The van der Waals surface area contributed by atoms with Crippen molar-refractivity contribution < 1.29 is 9.53 Å². The first-order chi connectivity index (χ1) is 13.0. The van der Waals surface area contributed by atoms with Gasteiger partial charge in [-0.25, -0.2) is 4.98 Å². The molecular weight excluding hydrogens is 342 g/mol. The van der Waals surface area contributed by atoms with Crippen molar-refractivity contribution in [1.29, 1.82) is 0 Å². The zero-order valence-electron chi connectivity index (χ0n) is 16.3. The van der Waals surface area contributed by atoms with Gasteiger partial charge in [-0.15, -0.1) is 0 Å². The monoisotopic (exact) mass is 369 g/mol. The van der Waals surface area contributed by atoms with Gasteiger partial charge in [-0.05, 0) is 38.8 Å². The summed E-state index contributed by atoms with van der Waals surface area (Å²) < 4.78 is 8.05. The fraction of sp³-hybridized carbons (Fsp3) is 0.550. The number of likely N-dealkylation sites (tertiary alicyclic amines) is 1. The van der Waals surface area contributed by atoms with Gasteiger partial charge in [-0.3, -0.25) is 9.48 Å². The number of aromatic nitrogens is 3. The predicted octanol–water partition coefficient (Wildman–Crippen LogP) is 2.33. The number of rotatable bonds is 4. The standard InChI is InChI=1S/C20H27N5O2/c1-14-18(15(2)23(3)22-14)20(26)25-12-8-16(13-25)27-17-7-6-9-21-19(17)24-10-4-5-11-24/h6-7,9,16H,4-5,8,10-13H2,1-3H3/t16-/m0/s1. The lowest BCUT2D eigenvalue weighted by molar-refractivity contribution is 0.0771. The van der Waals surface area contributed by atoms with E-state index in [0.717, 1.165) is 48.0 Å². The second-order valence-electron chi connectivity index (χ2n) is 7.47. The molecule has 7 nitrogen and oxygen atoms in total. The first-order valence-corrected chi connectivity index (χ1v) is 9.70. The minimum absolute atomic E-state index is 0.00298. The highest BCUT2D eigenvalue weighted by atomic mass is 16.5. The van der Waals surface area contributed by atoms with Crippen molar-refractivity contribution in [2.24, 2.45) is 7.05 Å². The average Bonchev–Trinajstić information content (AvgIpc) is 3.38. The third kappa shape index (κ3) is 3.38. The summed E-state index contributed by atoms with van der Waals surface area (Å²) >= 11 is 0. The van der Waals surface area contributed by atoms with Crippen LogP contribution >= 0.6 is 0 Å². The van der Waals surface area contributed by atoms with Gasteiger partial charge in [-0.2, -0.15) is 5.10 Å². The van der Waals surface area contributed by atoms with Crippen LogP contribution in [0.25, 0.3) is 0 Å². The Bertz CT molecular complexity index is 841. The summed E-state index contributed by atoms with van der Waals surface area (Å²) in [5, 5.41) is 4.37. The third-order valence-electron chi connectivity index (χ3n) is 5.61. The molecule has 0 aliphatic carbocycles. The lowest BCUT2D eigenvalue weighted by Crippen LogP contribution is -2.32. The summed E-state index contributed by atoms with van der Waals surface area (Å²) in [6.07, 6.45) is 5.05. The van der Waals surface area contributed by atoms with Crippen LogP contribution in [0.5, 0.6) is 5.75 Å². The molecule has 0 spiro atoms. The highest BCUT2D eigenvalue weighted by Crippen LogP contribution is 2.30. The smallest absolute Gasteiger partial charge is 0.257 e. The number of carbonyl (C=O) groups excluding carboxylic acids is 1.